The van der Waals surface area contributed by atoms with Gasteiger partial charge in [-0.3, -0.25) is 14.5 Å². The van der Waals surface area contributed by atoms with Gasteiger partial charge in [-0.1, -0.05) is 30.3 Å². The van der Waals surface area contributed by atoms with Gasteiger partial charge in [-0.2, -0.15) is 0 Å². The van der Waals surface area contributed by atoms with Crippen LogP contribution in [-0.4, -0.2) is 50.2 Å². The molecule has 0 bridgehead atoms. The lowest BCUT2D eigenvalue weighted by Crippen LogP contribution is -2.38. The van der Waals surface area contributed by atoms with Crippen LogP contribution in [-0.2, 0) is 24.2 Å². The lowest BCUT2D eigenvalue weighted by Gasteiger charge is -2.30. The largest absolute Gasteiger partial charge is 0.334 e. The lowest BCUT2D eigenvalue weighted by atomic mass is 10.0. The molecule has 2 amide bonds. The Kier molecular flexibility index (Phi) is 6.44. The monoisotopic (exact) mass is 444 g/mol. The summed E-state index contributed by atoms with van der Waals surface area (Å²) in [6.07, 6.45) is 3.39. The van der Waals surface area contributed by atoms with Crippen LogP contribution in [0.25, 0.3) is 0 Å². The molecule has 0 aliphatic carbocycles. The molecule has 0 N–H and O–H groups in total. The topological polar surface area (TPSA) is 92.2 Å². The summed E-state index contributed by atoms with van der Waals surface area (Å²) in [4.78, 5) is 46.9. The Morgan fingerprint density at radius 1 is 1.03 bits per heavy atom. The molecule has 1 aromatic carbocycles. The fraction of sp³-hybridized carbons (Fsp3) is 0.360. The van der Waals surface area contributed by atoms with Gasteiger partial charge in [0.05, 0.1) is 17.8 Å². The van der Waals surface area contributed by atoms with Crippen molar-refractivity contribution in [3.8, 4) is 0 Å². The molecule has 8 heteroatoms. The standard InChI is InChI=1S/C25H28N6O2/c1-16-20-10-11-23(32)31(13-12-19-8-6-5-7-9-19)24(20)29-22(28-16)15-30(4)25(33)21-14-26-18(3)27-17(21)2/h5-9,14H,10-13,15H2,1-4H3. The van der Waals surface area contributed by atoms with Crippen molar-refractivity contribution >= 4 is 17.6 Å². The van der Waals surface area contributed by atoms with Gasteiger partial charge in [0.2, 0.25) is 5.91 Å². The molecule has 0 saturated carbocycles. The maximum absolute atomic E-state index is 13.0. The Morgan fingerprint density at radius 2 is 1.79 bits per heavy atom. The second-order valence-electron chi connectivity index (χ2n) is 8.39. The number of anilines is 1. The smallest absolute Gasteiger partial charge is 0.257 e. The second kappa shape index (κ2) is 9.44. The summed E-state index contributed by atoms with van der Waals surface area (Å²) in [5.41, 5.74) is 4.12. The summed E-state index contributed by atoms with van der Waals surface area (Å²) in [5, 5.41) is 0. The molecule has 170 valence electrons. The Bertz CT molecular complexity index is 1200. The van der Waals surface area contributed by atoms with Crippen molar-refractivity contribution < 1.29 is 9.59 Å². The third-order valence-electron chi connectivity index (χ3n) is 5.91. The maximum atomic E-state index is 13.0. The van der Waals surface area contributed by atoms with E-state index in [9.17, 15) is 9.59 Å². The molecule has 4 rings (SSSR count). The van der Waals surface area contributed by atoms with E-state index in [0.29, 0.717) is 48.1 Å². The molecule has 33 heavy (non-hydrogen) atoms. The number of hydrogen-bond acceptors (Lipinski definition) is 6. The van der Waals surface area contributed by atoms with Crippen LogP contribution in [0, 0.1) is 20.8 Å². The Balaban J connectivity index is 1.56. The molecule has 3 heterocycles. The summed E-state index contributed by atoms with van der Waals surface area (Å²) < 4.78 is 0. The molecule has 0 atom stereocenters. The van der Waals surface area contributed by atoms with Crippen LogP contribution in [0.1, 0.15) is 50.9 Å². The van der Waals surface area contributed by atoms with Crippen LogP contribution in [0.4, 0.5) is 5.82 Å². The first-order valence-electron chi connectivity index (χ1n) is 11.1. The van der Waals surface area contributed by atoms with Crippen molar-refractivity contribution in [3.63, 3.8) is 0 Å². The summed E-state index contributed by atoms with van der Waals surface area (Å²) in [6, 6.07) is 10.1. The molecule has 3 aromatic rings. The van der Waals surface area contributed by atoms with E-state index in [4.69, 9.17) is 4.98 Å². The van der Waals surface area contributed by atoms with Gasteiger partial charge in [0, 0.05) is 37.5 Å². The van der Waals surface area contributed by atoms with Gasteiger partial charge in [-0.25, -0.2) is 19.9 Å². The number of amides is 2. The van der Waals surface area contributed by atoms with Crippen LogP contribution < -0.4 is 4.90 Å². The normalized spacial score (nSPS) is 13.1. The zero-order valence-corrected chi connectivity index (χ0v) is 19.5. The van der Waals surface area contributed by atoms with Gasteiger partial charge >= 0.3 is 0 Å². The quantitative estimate of drug-likeness (QED) is 0.580. The first kappa shape index (κ1) is 22.5. The molecule has 0 radical (unpaired) electrons. The highest BCUT2D eigenvalue weighted by Gasteiger charge is 2.28. The predicted octanol–water partition coefficient (Wildman–Crippen LogP) is 2.99. The van der Waals surface area contributed by atoms with Crippen molar-refractivity contribution in [3.05, 3.63) is 76.3 Å². The SMILES string of the molecule is Cc1ncc(C(=O)N(C)Cc2nc(C)c3c(n2)N(CCc2ccccc2)C(=O)CC3)c(C)n1. The molecule has 8 nitrogen and oxygen atoms in total. The summed E-state index contributed by atoms with van der Waals surface area (Å²) >= 11 is 0. The van der Waals surface area contributed by atoms with E-state index in [1.54, 1.807) is 36.9 Å². The molecule has 0 spiro atoms. The first-order chi connectivity index (χ1) is 15.8. The molecule has 1 aliphatic heterocycles. The molecule has 0 fully saturated rings. The number of rotatable bonds is 6. The number of benzene rings is 1. The van der Waals surface area contributed by atoms with Crippen molar-refractivity contribution in [2.75, 3.05) is 18.5 Å². The van der Waals surface area contributed by atoms with E-state index in [2.05, 4.69) is 27.1 Å². The number of carbonyl (C=O) groups is 2. The minimum atomic E-state index is -0.191. The fourth-order valence-electron chi connectivity index (χ4n) is 4.11. The molecular formula is C25H28N6O2. The second-order valence-corrected chi connectivity index (χ2v) is 8.39. The highest BCUT2D eigenvalue weighted by molar-refractivity contribution is 5.96. The van der Waals surface area contributed by atoms with Gasteiger partial charge < -0.3 is 4.90 Å². The zero-order chi connectivity index (χ0) is 23.5. The molecule has 0 unspecified atom stereocenters. The van der Waals surface area contributed by atoms with Crippen molar-refractivity contribution in [2.45, 2.75) is 46.6 Å². The summed E-state index contributed by atoms with van der Waals surface area (Å²) in [5.74, 6) is 1.68. The first-order valence-corrected chi connectivity index (χ1v) is 11.1. The van der Waals surface area contributed by atoms with Crippen LogP contribution in [0.5, 0.6) is 0 Å². The van der Waals surface area contributed by atoms with Gasteiger partial charge in [0.25, 0.3) is 5.91 Å². The van der Waals surface area contributed by atoms with E-state index in [0.717, 1.165) is 17.7 Å². The van der Waals surface area contributed by atoms with Crippen molar-refractivity contribution in [1.82, 2.24) is 24.8 Å². The van der Waals surface area contributed by atoms with Crippen LogP contribution in [0.15, 0.2) is 36.5 Å². The minimum Gasteiger partial charge on any atom is -0.334 e. The summed E-state index contributed by atoms with van der Waals surface area (Å²) in [6.45, 7) is 6.31. The van der Waals surface area contributed by atoms with Gasteiger partial charge in [0.1, 0.15) is 17.5 Å². The fourth-order valence-corrected chi connectivity index (χ4v) is 4.11. The van der Waals surface area contributed by atoms with E-state index < -0.39 is 0 Å². The summed E-state index contributed by atoms with van der Waals surface area (Å²) in [7, 11) is 1.71. The Labute approximate surface area is 193 Å². The van der Waals surface area contributed by atoms with Crippen molar-refractivity contribution in [2.24, 2.45) is 0 Å². The average molecular weight is 445 g/mol. The van der Waals surface area contributed by atoms with E-state index in [-0.39, 0.29) is 18.4 Å². The number of carbonyl (C=O) groups excluding carboxylic acids is 2. The minimum absolute atomic E-state index is 0.0688. The third-order valence-corrected chi connectivity index (χ3v) is 5.91. The Morgan fingerprint density at radius 3 is 2.52 bits per heavy atom. The van der Waals surface area contributed by atoms with Gasteiger partial charge in [0.15, 0.2) is 0 Å². The van der Waals surface area contributed by atoms with E-state index in [1.165, 1.54) is 5.56 Å². The molecular weight excluding hydrogens is 416 g/mol. The molecule has 1 aliphatic rings. The van der Waals surface area contributed by atoms with Crippen LogP contribution in [0.3, 0.4) is 0 Å². The predicted molar refractivity (Wildman–Crippen MR) is 125 cm³/mol. The number of aromatic nitrogens is 4. The highest BCUT2D eigenvalue weighted by atomic mass is 16.2. The van der Waals surface area contributed by atoms with Crippen LogP contribution >= 0.6 is 0 Å². The average Bonchev–Trinajstić information content (AvgIpc) is 2.78. The maximum Gasteiger partial charge on any atom is 0.257 e. The number of aryl methyl sites for hydroxylation is 3. The van der Waals surface area contributed by atoms with Crippen LogP contribution in [0.2, 0.25) is 0 Å². The molecule has 0 saturated heterocycles. The molecule has 2 aromatic heterocycles. The number of fused-ring (bicyclic) bond motifs is 1. The van der Waals surface area contributed by atoms with E-state index in [1.807, 2.05) is 25.1 Å². The number of nitrogens with zero attached hydrogens (tertiary/aromatic N) is 6. The highest BCUT2D eigenvalue weighted by Crippen LogP contribution is 2.28. The third kappa shape index (κ3) is 4.89. The Hall–Kier alpha value is -3.68. The lowest BCUT2D eigenvalue weighted by molar-refractivity contribution is -0.118. The van der Waals surface area contributed by atoms with Gasteiger partial charge in [-0.15, -0.1) is 0 Å². The zero-order valence-electron chi connectivity index (χ0n) is 19.5. The van der Waals surface area contributed by atoms with Gasteiger partial charge in [-0.05, 0) is 39.2 Å². The van der Waals surface area contributed by atoms with E-state index >= 15 is 0 Å². The van der Waals surface area contributed by atoms with Crippen molar-refractivity contribution in [1.29, 1.82) is 0 Å². The number of hydrogen-bond donors (Lipinski definition) is 0.